The van der Waals surface area contributed by atoms with Crippen LogP contribution in [0, 0.1) is 18.6 Å². The number of piperidine rings is 1. The van der Waals surface area contributed by atoms with E-state index in [1.165, 1.54) is 53.2 Å². The summed E-state index contributed by atoms with van der Waals surface area (Å²) in [5, 5.41) is 5.35. The summed E-state index contributed by atoms with van der Waals surface area (Å²) in [7, 11) is 2.19. The van der Waals surface area contributed by atoms with Crippen LogP contribution in [-0.4, -0.2) is 68.1 Å². The molecule has 226 valence electrons. The highest BCUT2D eigenvalue weighted by molar-refractivity contribution is 6.12. The lowest BCUT2D eigenvalue weighted by atomic mass is 9.94. The van der Waals surface area contributed by atoms with Gasteiger partial charge in [0.25, 0.3) is 0 Å². The molecule has 0 spiro atoms. The summed E-state index contributed by atoms with van der Waals surface area (Å²) in [5.41, 5.74) is 11.8. The lowest BCUT2D eigenvalue weighted by Crippen LogP contribution is -2.45. The van der Waals surface area contributed by atoms with Gasteiger partial charge in [-0.05, 0) is 93.3 Å². The highest BCUT2D eigenvalue weighted by atomic mass is 19.1. The minimum absolute atomic E-state index is 0.00696. The van der Waals surface area contributed by atoms with Gasteiger partial charge in [-0.3, -0.25) is 9.69 Å². The maximum Gasteiger partial charge on any atom is 0.219 e. The topological polar surface area (TPSA) is 105 Å². The Kier molecular flexibility index (Phi) is 7.14. The molecule has 2 aliphatic rings. The molecule has 9 nitrogen and oxygen atoms in total. The molecule has 0 atom stereocenters. The summed E-state index contributed by atoms with van der Waals surface area (Å²) in [6.07, 6.45) is 6.27. The molecule has 0 amide bonds. The zero-order chi connectivity index (χ0) is 30.5. The smallest absolute Gasteiger partial charge is 0.219 e. The summed E-state index contributed by atoms with van der Waals surface area (Å²) in [6.45, 7) is 6.03. The molecule has 3 aromatic heterocycles. The van der Waals surface area contributed by atoms with Gasteiger partial charge < -0.3 is 20.4 Å². The third-order valence-electron chi connectivity index (χ3n) is 8.89. The Hall–Kier alpha value is -4.61. The number of nitrogen functional groups attached to an aromatic ring is 1. The Morgan fingerprint density at radius 3 is 2.57 bits per heavy atom. The summed E-state index contributed by atoms with van der Waals surface area (Å²) >= 11 is 0. The molecule has 2 aliphatic heterocycles. The van der Waals surface area contributed by atoms with Gasteiger partial charge in [0.15, 0.2) is 11.6 Å². The fourth-order valence-corrected chi connectivity index (χ4v) is 6.36. The number of rotatable bonds is 6. The van der Waals surface area contributed by atoms with Gasteiger partial charge >= 0.3 is 0 Å². The van der Waals surface area contributed by atoms with Gasteiger partial charge in [0.1, 0.15) is 5.82 Å². The number of ketones is 1. The predicted molar refractivity (Wildman–Crippen MR) is 163 cm³/mol. The Balaban J connectivity index is 1.11. The van der Waals surface area contributed by atoms with E-state index < -0.39 is 17.4 Å². The molecule has 0 bridgehead atoms. The first-order chi connectivity index (χ1) is 21.2. The molecule has 7 rings (SSSR count). The number of benzene rings is 2. The molecule has 0 saturated carbocycles. The number of pyridine rings is 1. The molecule has 5 aromatic rings. The fourth-order valence-electron chi connectivity index (χ4n) is 6.36. The minimum atomic E-state index is -0.834. The Morgan fingerprint density at radius 2 is 1.82 bits per heavy atom. The van der Waals surface area contributed by atoms with Gasteiger partial charge in [-0.2, -0.15) is 5.10 Å². The van der Waals surface area contributed by atoms with E-state index in [9.17, 15) is 13.6 Å². The summed E-state index contributed by atoms with van der Waals surface area (Å²) in [4.78, 5) is 26.1. The second-order valence-electron chi connectivity index (χ2n) is 11.8. The number of nitrogens with one attached hydrogen (secondary N) is 1. The number of hydrogen-bond donors (Lipinski definition) is 2. The number of hydrogen-bond acceptors (Lipinski definition) is 7. The zero-order valence-corrected chi connectivity index (χ0v) is 24.6. The largest absolute Gasteiger partial charge is 0.433 e. The maximum atomic E-state index is 14.0. The van der Waals surface area contributed by atoms with Crippen LogP contribution in [-0.2, 0) is 13.0 Å². The van der Waals surface area contributed by atoms with Gasteiger partial charge in [-0.15, -0.1) is 0 Å². The number of anilines is 1. The van der Waals surface area contributed by atoms with E-state index in [-0.39, 0.29) is 23.0 Å². The Bertz CT molecular complexity index is 1870. The van der Waals surface area contributed by atoms with E-state index in [0.29, 0.717) is 23.0 Å². The predicted octanol–water partition coefficient (Wildman–Crippen LogP) is 5.39. The van der Waals surface area contributed by atoms with Gasteiger partial charge in [0.2, 0.25) is 17.4 Å². The second kappa shape index (κ2) is 11.1. The number of aryl methyl sites for hydroxylation is 1. The molecular formula is C33H33F2N7O2. The molecule has 2 aromatic carbocycles. The number of nitrogens with zero attached hydrogens (tertiary/aromatic N) is 5. The quantitative estimate of drug-likeness (QED) is 0.253. The second-order valence-corrected chi connectivity index (χ2v) is 11.8. The Labute approximate surface area is 253 Å². The van der Waals surface area contributed by atoms with Crippen molar-refractivity contribution < 1.29 is 18.3 Å². The van der Waals surface area contributed by atoms with Crippen molar-refractivity contribution >= 4 is 22.5 Å². The monoisotopic (exact) mass is 597 g/mol. The molecule has 5 heterocycles. The van der Waals surface area contributed by atoms with Crippen LogP contribution in [0.4, 0.5) is 14.6 Å². The van der Waals surface area contributed by atoms with E-state index in [1.807, 2.05) is 6.07 Å². The fraction of sp³-hybridized carbons (Fsp3) is 0.303. The molecule has 0 aliphatic carbocycles. The van der Waals surface area contributed by atoms with Crippen LogP contribution in [0.3, 0.4) is 0 Å². The number of likely N-dealkylation sites (tertiary alicyclic amines) is 1. The number of carbonyl (C=O) groups is 1. The number of ether oxygens (including phenoxy) is 1. The zero-order valence-electron chi connectivity index (χ0n) is 24.6. The van der Waals surface area contributed by atoms with Gasteiger partial charge in [-0.25, -0.2) is 18.4 Å². The standard InChI is InChI=1S/C33H33F2N7O2/c1-19-12-30(44-32-25(34)4-3-5-26(32)35)37-17-29(19)42-33(36)24(16-38-42)31(43)28-15-21-13-22-18-41(23-7-9-40(2)10-8-23)11-6-20(22)14-27(21)39-28/h3-5,12-17,23,39H,6-11,18,36H2,1-2H3. The van der Waals surface area contributed by atoms with E-state index in [0.717, 1.165) is 55.6 Å². The normalized spacial score (nSPS) is 16.4. The van der Waals surface area contributed by atoms with Crippen molar-refractivity contribution in [1.29, 1.82) is 0 Å². The van der Waals surface area contributed by atoms with Crippen molar-refractivity contribution in [3.05, 3.63) is 94.4 Å². The lowest BCUT2D eigenvalue weighted by molar-refractivity contribution is 0.103. The van der Waals surface area contributed by atoms with Crippen molar-refractivity contribution in [3.63, 3.8) is 0 Å². The number of H-pyrrole nitrogens is 1. The minimum Gasteiger partial charge on any atom is -0.433 e. The number of carbonyl (C=O) groups excluding carboxylic acids is 1. The third kappa shape index (κ3) is 5.11. The highest BCUT2D eigenvalue weighted by Gasteiger charge is 2.27. The van der Waals surface area contributed by atoms with Crippen molar-refractivity contribution in [2.75, 3.05) is 32.4 Å². The first-order valence-electron chi connectivity index (χ1n) is 14.8. The van der Waals surface area contributed by atoms with E-state index in [4.69, 9.17) is 10.5 Å². The molecule has 1 fully saturated rings. The number of aromatic amines is 1. The molecule has 11 heteroatoms. The van der Waals surface area contributed by atoms with Crippen LogP contribution in [0.25, 0.3) is 16.6 Å². The van der Waals surface area contributed by atoms with E-state index in [2.05, 4.69) is 44.0 Å². The molecule has 1 saturated heterocycles. The van der Waals surface area contributed by atoms with E-state index in [1.54, 1.807) is 6.92 Å². The average Bonchev–Trinajstić information content (AvgIpc) is 3.60. The number of para-hydroxylation sites is 1. The van der Waals surface area contributed by atoms with Crippen LogP contribution in [0.1, 0.15) is 45.6 Å². The van der Waals surface area contributed by atoms with Crippen molar-refractivity contribution in [2.24, 2.45) is 0 Å². The average molecular weight is 598 g/mol. The number of nitrogens with two attached hydrogens (primary N) is 1. The third-order valence-corrected chi connectivity index (χ3v) is 8.89. The van der Waals surface area contributed by atoms with Crippen LogP contribution in [0.2, 0.25) is 0 Å². The summed E-state index contributed by atoms with van der Waals surface area (Å²) in [5.74, 6) is -2.31. The SMILES string of the molecule is Cc1cc(Oc2c(F)cccc2F)ncc1-n1ncc(C(=O)c2cc3cc4c(cc3[nH]2)CCN(C2CCN(C)CC2)C4)c1N. The van der Waals surface area contributed by atoms with Crippen molar-refractivity contribution in [3.8, 4) is 17.3 Å². The van der Waals surface area contributed by atoms with Crippen LogP contribution in [0.15, 0.2) is 54.9 Å². The lowest BCUT2D eigenvalue weighted by Gasteiger charge is -2.39. The first kappa shape index (κ1) is 28.2. The summed E-state index contributed by atoms with van der Waals surface area (Å²) in [6, 6.07) is 11.9. The van der Waals surface area contributed by atoms with Crippen molar-refractivity contribution in [1.82, 2.24) is 29.5 Å². The van der Waals surface area contributed by atoms with Crippen LogP contribution in [0.5, 0.6) is 11.6 Å². The van der Waals surface area contributed by atoms with Gasteiger partial charge in [-0.1, -0.05) is 6.07 Å². The molecule has 44 heavy (non-hydrogen) atoms. The van der Waals surface area contributed by atoms with Gasteiger partial charge in [0, 0.05) is 36.1 Å². The molecular weight excluding hydrogens is 564 g/mol. The Morgan fingerprint density at radius 1 is 1.05 bits per heavy atom. The van der Waals surface area contributed by atoms with E-state index >= 15 is 0 Å². The number of fused-ring (bicyclic) bond motifs is 2. The summed E-state index contributed by atoms with van der Waals surface area (Å²) < 4.78 is 34.9. The molecule has 0 radical (unpaired) electrons. The number of halogens is 2. The maximum absolute atomic E-state index is 14.0. The number of aromatic nitrogens is 4. The molecule has 0 unspecified atom stereocenters. The van der Waals surface area contributed by atoms with Gasteiger partial charge in [0.05, 0.1) is 29.3 Å². The molecule has 3 N–H and O–H groups in total. The first-order valence-corrected chi connectivity index (χ1v) is 14.8. The highest BCUT2D eigenvalue weighted by Crippen LogP contribution is 2.31. The van der Waals surface area contributed by atoms with Crippen molar-refractivity contribution in [2.45, 2.75) is 38.8 Å². The van der Waals surface area contributed by atoms with Crippen LogP contribution < -0.4 is 10.5 Å². The van der Waals surface area contributed by atoms with Crippen LogP contribution >= 0.6 is 0 Å².